The van der Waals surface area contributed by atoms with Crippen LogP contribution >= 0.6 is 11.3 Å². The molecule has 6 nitrogen and oxygen atoms in total. The number of nitrogens with zero attached hydrogens (tertiary/aromatic N) is 6. The Bertz CT molecular complexity index is 3860. The summed E-state index contributed by atoms with van der Waals surface area (Å²) < 4.78 is 7.09. The van der Waals surface area contributed by atoms with Crippen molar-refractivity contribution in [2.45, 2.75) is 0 Å². The number of para-hydroxylation sites is 2. The summed E-state index contributed by atoms with van der Waals surface area (Å²) in [4.78, 5) is 20.1. The van der Waals surface area contributed by atoms with Crippen LogP contribution < -0.4 is 0 Å². The van der Waals surface area contributed by atoms with Gasteiger partial charge < -0.3 is 4.57 Å². The third-order valence-electron chi connectivity index (χ3n) is 12.3. The minimum Gasteiger partial charge on any atom is -0.309 e. The van der Waals surface area contributed by atoms with Crippen molar-refractivity contribution in [1.82, 2.24) is 29.1 Å². The molecule has 0 radical (unpaired) electrons. The molecule has 0 amide bonds. The fraction of sp³-hybridized carbons (Fsp3) is 0. The van der Waals surface area contributed by atoms with Gasteiger partial charge in [0, 0.05) is 60.2 Å². The van der Waals surface area contributed by atoms with E-state index in [1.165, 1.54) is 25.6 Å². The van der Waals surface area contributed by atoms with Gasteiger partial charge in [-0.3, -0.25) is 14.5 Å². The third-order valence-corrected chi connectivity index (χ3v) is 13.4. The van der Waals surface area contributed by atoms with E-state index in [1.807, 2.05) is 30.7 Å². The Hall–Kier alpha value is -8.26. The fourth-order valence-corrected chi connectivity index (χ4v) is 10.4. The fourth-order valence-electron chi connectivity index (χ4n) is 9.34. The number of hydrogen-bond acceptors (Lipinski definition) is 5. The number of pyridine rings is 2. The molecular formula is C56H34N6S. The molecule has 0 saturated heterocycles. The van der Waals surface area contributed by atoms with E-state index in [-0.39, 0.29) is 0 Å². The van der Waals surface area contributed by atoms with Gasteiger partial charge in [0.25, 0.3) is 0 Å². The van der Waals surface area contributed by atoms with Crippen molar-refractivity contribution in [3.63, 3.8) is 0 Å². The van der Waals surface area contributed by atoms with Crippen LogP contribution in [0, 0.1) is 0 Å². The van der Waals surface area contributed by atoms with Crippen molar-refractivity contribution < 1.29 is 0 Å². The molecule has 0 saturated carbocycles. The van der Waals surface area contributed by atoms with Crippen LogP contribution in [0.4, 0.5) is 0 Å². The molecular weight excluding hydrogens is 789 g/mol. The molecule has 294 valence electrons. The van der Waals surface area contributed by atoms with E-state index >= 15 is 0 Å². The van der Waals surface area contributed by atoms with Gasteiger partial charge in [-0.1, -0.05) is 109 Å². The van der Waals surface area contributed by atoms with Crippen LogP contribution in [-0.2, 0) is 0 Å². The lowest BCUT2D eigenvalue weighted by Crippen LogP contribution is -2.00. The van der Waals surface area contributed by atoms with Gasteiger partial charge in [-0.25, -0.2) is 9.97 Å². The number of aromatic nitrogens is 6. The summed E-state index contributed by atoms with van der Waals surface area (Å²) in [5.41, 5.74) is 14.5. The van der Waals surface area contributed by atoms with Crippen molar-refractivity contribution in [2.24, 2.45) is 0 Å². The standard InChI is InChI=1S/C56H34N6S/c1-3-12-35(13-4-1)39-30-46(36-14-5-2-6-15-36)60-55(31-39)62-50-19-10-8-17-42(50)44-29-38(22-25-52(44)62)48-34-57-33-47(59-48)37-21-24-51-43(28-37)41-16-7-9-18-49(41)61(51)40-23-26-53-45(32-40)56-54(63-53)20-11-27-58-56/h1-34H. The topological polar surface area (TPSA) is 61.4 Å². The molecule has 0 aliphatic carbocycles. The molecule has 0 unspecified atom stereocenters. The van der Waals surface area contributed by atoms with Crippen molar-refractivity contribution in [3.05, 3.63) is 207 Å². The number of rotatable bonds is 6. The first-order chi connectivity index (χ1) is 31.2. The van der Waals surface area contributed by atoms with Crippen LogP contribution in [0.25, 0.3) is 120 Å². The third kappa shape index (κ3) is 5.78. The molecule has 7 aromatic carbocycles. The SMILES string of the molecule is c1ccc(-c2cc(-c3ccccc3)nc(-n3c4ccccc4c4cc(-c5cncc(-c6ccc7c(c6)c6ccccc6n7-c6ccc7sc8cccnc8c7c6)n5)ccc43)c2)cc1. The maximum atomic E-state index is 5.31. The summed E-state index contributed by atoms with van der Waals surface area (Å²) in [6.07, 6.45) is 5.61. The lowest BCUT2D eigenvalue weighted by Gasteiger charge is -2.13. The predicted octanol–water partition coefficient (Wildman–Crippen LogP) is 14.5. The predicted molar refractivity (Wildman–Crippen MR) is 261 cm³/mol. The molecule has 13 aromatic rings. The van der Waals surface area contributed by atoms with Gasteiger partial charge in [-0.2, -0.15) is 0 Å². The first kappa shape index (κ1) is 35.5. The van der Waals surface area contributed by atoms with Crippen LogP contribution in [0.1, 0.15) is 0 Å². The summed E-state index contributed by atoms with van der Waals surface area (Å²) in [6.45, 7) is 0. The van der Waals surface area contributed by atoms with Gasteiger partial charge in [-0.15, -0.1) is 11.3 Å². The summed E-state index contributed by atoms with van der Waals surface area (Å²) >= 11 is 1.79. The van der Waals surface area contributed by atoms with Crippen molar-refractivity contribution in [3.8, 4) is 56.4 Å². The van der Waals surface area contributed by atoms with Crippen molar-refractivity contribution in [2.75, 3.05) is 0 Å². The summed E-state index contributed by atoms with van der Waals surface area (Å²) in [6, 6.07) is 66.7. The highest BCUT2D eigenvalue weighted by Crippen LogP contribution is 2.40. The smallest absolute Gasteiger partial charge is 0.138 e. The van der Waals surface area contributed by atoms with Gasteiger partial charge in [0.1, 0.15) is 5.82 Å². The minimum absolute atomic E-state index is 0.814. The van der Waals surface area contributed by atoms with Crippen LogP contribution in [-0.4, -0.2) is 29.1 Å². The van der Waals surface area contributed by atoms with Gasteiger partial charge in [0.15, 0.2) is 0 Å². The van der Waals surface area contributed by atoms with E-state index in [0.717, 1.165) is 94.8 Å². The Balaban J connectivity index is 0.920. The maximum Gasteiger partial charge on any atom is 0.138 e. The first-order valence-corrected chi connectivity index (χ1v) is 21.8. The number of benzene rings is 7. The second-order valence-corrected chi connectivity index (χ2v) is 17.0. The highest BCUT2D eigenvalue weighted by Gasteiger charge is 2.19. The summed E-state index contributed by atoms with van der Waals surface area (Å²) in [7, 11) is 0. The number of fused-ring (bicyclic) bond motifs is 9. The molecule has 0 atom stereocenters. The summed E-state index contributed by atoms with van der Waals surface area (Å²) in [5.74, 6) is 0.866. The molecule has 7 heteroatoms. The molecule has 63 heavy (non-hydrogen) atoms. The minimum atomic E-state index is 0.814. The first-order valence-electron chi connectivity index (χ1n) is 21.0. The van der Waals surface area contributed by atoms with Gasteiger partial charge >= 0.3 is 0 Å². The van der Waals surface area contributed by atoms with E-state index < -0.39 is 0 Å². The number of thiophene rings is 1. The van der Waals surface area contributed by atoms with E-state index in [0.29, 0.717) is 0 Å². The van der Waals surface area contributed by atoms with Crippen LogP contribution in [0.5, 0.6) is 0 Å². The highest BCUT2D eigenvalue weighted by atomic mass is 32.1. The zero-order valence-electron chi connectivity index (χ0n) is 33.7. The Morgan fingerprint density at radius 3 is 1.70 bits per heavy atom. The molecule has 0 bridgehead atoms. The Labute approximate surface area is 365 Å². The Morgan fingerprint density at radius 1 is 0.365 bits per heavy atom. The molecule has 0 N–H and O–H groups in total. The average Bonchev–Trinajstić information content (AvgIpc) is 4.01. The van der Waals surface area contributed by atoms with Gasteiger partial charge in [0.2, 0.25) is 0 Å². The molecule has 13 rings (SSSR count). The second-order valence-electron chi connectivity index (χ2n) is 15.9. The van der Waals surface area contributed by atoms with Crippen LogP contribution in [0.2, 0.25) is 0 Å². The van der Waals surface area contributed by atoms with Crippen LogP contribution in [0.3, 0.4) is 0 Å². The lowest BCUT2D eigenvalue weighted by molar-refractivity contribution is 1.08. The van der Waals surface area contributed by atoms with E-state index in [2.05, 4.69) is 185 Å². The zero-order chi connectivity index (χ0) is 41.4. The largest absolute Gasteiger partial charge is 0.309 e. The molecule has 0 fully saturated rings. The van der Waals surface area contributed by atoms with Crippen molar-refractivity contribution >= 4 is 75.3 Å². The Kier molecular flexibility index (Phi) is 7.98. The normalized spacial score (nSPS) is 11.8. The van der Waals surface area contributed by atoms with E-state index in [4.69, 9.17) is 19.9 Å². The van der Waals surface area contributed by atoms with Crippen LogP contribution in [0.15, 0.2) is 207 Å². The molecule has 0 aliphatic heterocycles. The molecule has 0 aliphatic rings. The lowest BCUT2D eigenvalue weighted by atomic mass is 10.0. The Morgan fingerprint density at radius 2 is 0.984 bits per heavy atom. The van der Waals surface area contributed by atoms with Crippen molar-refractivity contribution in [1.29, 1.82) is 0 Å². The zero-order valence-corrected chi connectivity index (χ0v) is 34.5. The maximum absolute atomic E-state index is 5.31. The van der Waals surface area contributed by atoms with E-state index in [1.54, 1.807) is 11.3 Å². The highest BCUT2D eigenvalue weighted by molar-refractivity contribution is 7.25. The second kappa shape index (κ2) is 14.2. The summed E-state index contributed by atoms with van der Waals surface area (Å²) in [5, 5.41) is 5.81. The molecule has 6 aromatic heterocycles. The van der Waals surface area contributed by atoms with Gasteiger partial charge in [-0.05, 0) is 90.0 Å². The quantitative estimate of drug-likeness (QED) is 0.168. The van der Waals surface area contributed by atoms with Gasteiger partial charge in [0.05, 0.1) is 61.8 Å². The molecule has 6 heterocycles. The van der Waals surface area contributed by atoms with E-state index in [9.17, 15) is 0 Å². The average molecular weight is 823 g/mol. The molecule has 0 spiro atoms. The number of hydrogen-bond donors (Lipinski definition) is 0. The monoisotopic (exact) mass is 822 g/mol.